The monoisotopic (exact) mass is 566 g/mol. The van der Waals surface area contributed by atoms with E-state index in [0.717, 1.165) is 13.0 Å². The number of aryl methyl sites for hydroxylation is 1. The first kappa shape index (κ1) is 28.1. The molecule has 1 aliphatic heterocycles. The molecule has 14 heteroatoms. The van der Waals surface area contributed by atoms with E-state index in [1.165, 1.54) is 43.5 Å². The van der Waals surface area contributed by atoms with E-state index in [1.807, 2.05) is 0 Å². The van der Waals surface area contributed by atoms with Gasteiger partial charge in [0, 0.05) is 23.0 Å². The molecule has 0 spiro atoms. The number of nitrogens with zero attached hydrogens (tertiary/aromatic N) is 3. The molecule has 1 N–H and O–H groups in total. The van der Waals surface area contributed by atoms with Gasteiger partial charge in [0.05, 0.1) is 40.1 Å². The van der Waals surface area contributed by atoms with Gasteiger partial charge in [-0.2, -0.15) is 21.9 Å². The van der Waals surface area contributed by atoms with Crippen molar-refractivity contribution in [2.24, 2.45) is 10.3 Å². The number of amides is 2. The Labute approximate surface area is 220 Å². The molecule has 3 heterocycles. The van der Waals surface area contributed by atoms with Gasteiger partial charge in [-0.3, -0.25) is 9.59 Å². The number of anilines is 1. The van der Waals surface area contributed by atoms with Crippen molar-refractivity contribution in [3.63, 3.8) is 0 Å². The smallest absolute Gasteiger partial charge is 0.418 e. The highest BCUT2D eigenvalue weighted by atomic mass is 32.2. The van der Waals surface area contributed by atoms with Gasteiger partial charge < -0.3 is 14.8 Å². The van der Waals surface area contributed by atoms with Crippen LogP contribution in [0, 0.1) is 25.7 Å². The summed E-state index contributed by atoms with van der Waals surface area (Å²) in [6.45, 7) is 2.88. The summed E-state index contributed by atoms with van der Waals surface area (Å²) in [6, 6.07) is 7.81. The summed E-state index contributed by atoms with van der Waals surface area (Å²) >= 11 is 0. The Balaban J connectivity index is 1.70. The molecule has 4 rings (SSSR count). The van der Waals surface area contributed by atoms with Crippen molar-refractivity contribution in [3.8, 4) is 11.6 Å². The third-order valence-corrected chi connectivity index (χ3v) is 7.48. The summed E-state index contributed by atoms with van der Waals surface area (Å²) in [5, 5.41) is 2.46. The molecule has 3 aromatic rings. The van der Waals surface area contributed by atoms with Crippen LogP contribution >= 0.6 is 0 Å². The van der Waals surface area contributed by atoms with Crippen molar-refractivity contribution in [3.05, 3.63) is 70.9 Å². The Hall–Kier alpha value is -3.91. The van der Waals surface area contributed by atoms with Crippen LogP contribution in [0.2, 0.25) is 0 Å². The maximum atomic E-state index is 13.6. The first-order valence-electron chi connectivity index (χ1n) is 11.4. The quantitative estimate of drug-likeness (QED) is 0.332. The Morgan fingerprint density at radius 1 is 1.18 bits per heavy atom. The molecule has 0 aliphatic carbocycles. The Kier molecular flexibility index (Phi) is 7.70. The average Bonchev–Trinajstić information content (AvgIpc) is 2.78. The molecule has 2 aromatic heterocycles. The number of benzene rings is 1. The van der Waals surface area contributed by atoms with E-state index in [4.69, 9.17) is 9.47 Å². The van der Waals surface area contributed by atoms with Crippen LogP contribution in [0.3, 0.4) is 0 Å². The SMILES string of the molecule is Cc1nc(F)ccc1Oc1ncc(C(F)(F)F)c(C)c1C(=O)Nc1cccc([S@@](C)(=O)=NC(=O)C2COC2)c1. The molecular formula is C25H22F4N4O5S. The summed E-state index contributed by atoms with van der Waals surface area (Å²) in [6.07, 6.45) is -3.02. The number of carbonyl (C=O) groups is 2. The number of carbonyl (C=O) groups excluding carboxylic acids is 2. The van der Waals surface area contributed by atoms with Gasteiger partial charge in [0.2, 0.25) is 11.8 Å². The van der Waals surface area contributed by atoms with Crippen molar-refractivity contribution >= 4 is 27.2 Å². The van der Waals surface area contributed by atoms with Crippen LogP contribution in [-0.2, 0) is 25.4 Å². The standard InChI is InChI=1S/C25H22F4N4O5S/c1-13-18(25(27,28)29)10-30-24(38-19-7-8-20(26)31-14(19)2)21(13)23(35)32-16-5-4-6-17(9-16)39(3,36)33-22(34)15-11-37-12-15/h4-10,15H,11-12H2,1-3H3,(H,32,35)/t39-/m1/s1. The number of nitrogens with one attached hydrogen (secondary N) is 1. The third-order valence-electron chi connectivity index (χ3n) is 5.83. The van der Waals surface area contributed by atoms with Gasteiger partial charge in [0.1, 0.15) is 5.56 Å². The molecule has 1 fully saturated rings. The van der Waals surface area contributed by atoms with Gasteiger partial charge in [0.25, 0.3) is 11.8 Å². The summed E-state index contributed by atoms with van der Waals surface area (Å²) in [4.78, 5) is 32.9. The predicted molar refractivity (Wildman–Crippen MR) is 131 cm³/mol. The highest BCUT2D eigenvalue weighted by molar-refractivity contribution is 7.93. The lowest BCUT2D eigenvalue weighted by Crippen LogP contribution is -2.34. The molecule has 206 valence electrons. The Bertz CT molecular complexity index is 1580. The van der Waals surface area contributed by atoms with Crippen molar-refractivity contribution < 1.29 is 40.8 Å². The van der Waals surface area contributed by atoms with Crippen molar-refractivity contribution in [2.45, 2.75) is 24.9 Å². The molecule has 0 unspecified atom stereocenters. The van der Waals surface area contributed by atoms with Crippen molar-refractivity contribution in [1.29, 1.82) is 0 Å². The average molecular weight is 567 g/mol. The zero-order chi connectivity index (χ0) is 28.5. The fourth-order valence-corrected chi connectivity index (χ4v) is 4.89. The highest BCUT2D eigenvalue weighted by Gasteiger charge is 2.36. The lowest BCUT2D eigenvalue weighted by molar-refractivity contribution is -0.138. The van der Waals surface area contributed by atoms with Gasteiger partial charge in [-0.15, -0.1) is 0 Å². The second-order valence-electron chi connectivity index (χ2n) is 8.74. The van der Waals surface area contributed by atoms with Gasteiger partial charge in [0.15, 0.2) is 5.75 Å². The van der Waals surface area contributed by atoms with Gasteiger partial charge in [-0.25, -0.2) is 14.2 Å². The van der Waals surface area contributed by atoms with Crippen LogP contribution in [-0.4, -0.2) is 45.5 Å². The lowest BCUT2D eigenvalue weighted by atomic mass is 10.0. The number of ether oxygens (including phenoxy) is 2. The summed E-state index contributed by atoms with van der Waals surface area (Å²) in [5.74, 6) is -3.32. The number of aromatic nitrogens is 2. The fourth-order valence-electron chi connectivity index (χ4n) is 3.62. The number of halogens is 4. The normalized spacial score (nSPS) is 15.2. The molecule has 0 bridgehead atoms. The van der Waals surface area contributed by atoms with Crippen LogP contribution in [0.25, 0.3) is 0 Å². The number of hydrogen-bond acceptors (Lipinski definition) is 7. The summed E-state index contributed by atoms with van der Waals surface area (Å²) in [5.41, 5.74) is -1.99. The minimum atomic E-state index is -4.81. The van der Waals surface area contributed by atoms with E-state index in [1.54, 1.807) is 0 Å². The van der Waals surface area contributed by atoms with Gasteiger partial charge in [-0.05, 0) is 49.7 Å². The first-order chi connectivity index (χ1) is 18.3. The van der Waals surface area contributed by atoms with Crippen LogP contribution in [0.1, 0.15) is 27.2 Å². The minimum Gasteiger partial charge on any atom is -0.436 e. The molecule has 0 saturated carbocycles. The van der Waals surface area contributed by atoms with E-state index in [9.17, 15) is 31.4 Å². The summed E-state index contributed by atoms with van der Waals surface area (Å²) in [7, 11) is -3.20. The number of pyridine rings is 2. The molecule has 39 heavy (non-hydrogen) atoms. The van der Waals surface area contributed by atoms with Gasteiger partial charge in [-0.1, -0.05) is 6.07 Å². The van der Waals surface area contributed by atoms with Gasteiger partial charge >= 0.3 is 6.18 Å². The maximum Gasteiger partial charge on any atom is 0.418 e. The molecular weight excluding hydrogens is 544 g/mol. The van der Waals surface area contributed by atoms with E-state index >= 15 is 0 Å². The van der Waals surface area contributed by atoms with Crippen LogP contribution in [0.5, 0.6) is 11.6 Å². The number of rotatable bonds is 6. The van der Waals surface area contributed by atoms with E-state index in [2.05, 4.69) is 19.6 Å². The Morgan fingerprint density at radius 3 is 2.51 bits per heavy atom. The molecule has 9 nitrogen and oxygen atoms in total. The third kappa shape index (κ3) is 6.23. The van der Waals surface area contributed by atoms with E-state index in [0.29, 0.717) is 6.20 Å². The predicted octanol–water partition coefficient (Wildman–Crippen LogP) is 4.93. The highest BCUT2D eigenvalue weighted by Crippen LogP contribution is 2.37. The topological polar surface area (TPSA) is 120 Å². The number of hydrogen-bond donors (Lipinski definition) is 1. The molecule has 1 saturated heterocycles. The first-order valence-corrected chi connectivity index (χ1v) is 13.3. The molecule has 0 radical (unpaired) electrons. The van der Waals surface area contributed by atoms with Crippen LogP contribution in [0.15, 0.2) is 51.9 Å². The zero-order valence-corrected chi connectivity index (χ0v) is 21.7. The van der Waals surface area contributed by atoms with Crippen molar-refractivity contribution in [1.82, 2.24) is 9.97 Å². The second kappa shape index (κ2) is 10.7. The largest absolute Gasteiger partial charge is 0.436 e. The van der Waals surface area contributed by atoms with Crippen molar-refractivity contribution in [2.75, 3.05) is 24.8 Å². The lowest BCUT2D eigenvalue weighted by Gasteiger charge is -2.22. The van der Waals surface area contributed by atoms with E-state index < -0.39 is 62.2 Å². The number of alkyl halides is 3. The summed E-state index contributed by atoms with van der Waals surface area (Å²) < 4.78 is 81.8. The molecule has 1 aliphatic rings. The van der Waals surface area contributed by atoms with Crippen LogP contribution < -0.4 is 10.1 Å². The molecule has 2 amide bonds. The van der Waals surface area contributed by atoms with Crippen LogP contribution in [0.4, 0.5) is 23.2 Å². The zero-order valence-electron chi connectivity index (χ0n) is 20.8. The minimum absolute atomic E-state index is 0.0204. The fraction of sp³-hybridized carbons (Fsp3) is 0.280. The molecule has 1 aromatic carbocycles. The van der Waals surface area contributed by atoms with E-state index in [-0.39, 0.29) is 35.2 Å². The molecule has 1 atom stereocenters. The maximum absolute atomic E-state index is 13.6. The second-order valence-corrected chi connectivity index (χ2v) is 11.0. The Morgan fingerprint density at radius 2 is 1.90 bits per heavy atom.